The van der Waals surface area contributed by atoms with Crippen LogP contribution in [0.3, 0.4) is 0 Å². The number of hydrogen-bond donors (Lipinski definition) is 1. The molecule has 8 nitrogen and oxygen atoms in total. The van der Waals surface area contributed by atoms with Gasteiger partial charge in [-0.3, -0.25) is 15.4 Å². The van der Waals surface area contributed by atoms with Crippen LogP contribution >= 0.6 is 11.3 Å². The standard InChI is InChI=1S/C21H15FN4O4S/c22-9-10-30-21(27)25-19-8-5-15(12-23-19)13-1-3-14(4-2-13)20-24-17-7-6-16(26(28)29)11-18(17)31-20/h1-8,11-12H,9-10H2,(H,23,25,27). The maximum Gasteiger partial charge on any atom is 0.412 e. The number of halogens is 1. The lowest BCUT2D eigenvalue weighted by molar-refractivity contribution is -0.384. The first kappa shape index (κ1) is 20.4. The molecule has 4 aromatic rings. The van der Waals surface area contributed by atoms with Crippen LogP contribution in [0.2, 0.25) is 0 Å². The molecule has 0 fully saturated rings. The van der Waals surface area contributed by atoms with Gasteiger partial charge in [-0.15, -0.1) is 11.3 Å². The van der Waals surface area contributed by atoms with Gasteiger partial charge in [-0.05, 0) is 23.8 Å². The van der Waals surface area contributed by atoms with Crippen molar-refractivity contribution in [3.8, 4) is 21.7 Å². The lowest BCUT2D eigenvalue weighted by atomic mass is 10.1. The number of alkyl halides is 1. The highest BCUT2D eigenvalue weighted by Gasteiger charge is 2.12. The first-order valence-electron chi connectivity index (χ1n) is 9.15. The number of nitro groups is 1. The van der Waals surface area contributed by atoms with Gasteiger partial charge < -0.3 is 4.74 Å². The first-order chi connectivity index (χ1) is 15.0. The van der Waals surface area contributed by atoms with Crippen LogP contribution in [0.4, 0.5) is 20.7 Å². The second kappa shape index (κ2) is 8.84. The van der Waals surface area contributed by atoms with Crippen molar-refractivity contribution < 1.29 is 18.8 Å². The summed E-state index contributed by atoms with van der Waals surface area (Å²) in [5.41, 5.74) is 3.41. The Balaban J connectivity index is 1.50. The average Bonchev–Trinajstić information content (AvgIpc) is 3.22. The SMILES string of the molecule is O=C(Nc1ccc(-c2ccc(-c3nc4ccc([N+](=O)[O-])cc4s3)cc2)cn1)OCCF. The fourth-order valence-electron chi connectivity index (χ4n) is 2.87. The predicted molar refractivity (Wildman–Crippen MR) is 116 cm³/mol. The van der Waals surface area contributed by atoms with Gasteiger partial charge in [-0.2, -0.15) is 0 Å². The highest BCUT2D eigenvalue weighted by Crippen LogP contribution is 2.33. The predicted octanol–water partition coefficient (Wildman–Crippen LogP) is 5.45. The van der Waals surface area contributed by atoms with Crippen LogP contribution in [0.1, 0.15) is 0 Å². The molecular formula is C21H15FN4O4S. The minimum Gasteiger partial charge on any atom is -0.446 e. The third-order valence-electron chi connectivity index (χ3n) is 4.35. The van der Waals surface area contributed by atoms with Crippen molar-refractivity contribution in [2.24, 2.45) is 0 Å². The number of anilines is 1. The summed E-state index contributed by atoms with van der Waals surface area (Å²) < 4.78 is 17.4. The number of nitrogens with zero attached hydrogens (tertiary/aromatic N) is 3. The average molecular weight is 438 g/mol. The lowest BCUT2D eigenvalue weighted by Gasteiger charge is -2.06. The van der Waals surface area contributed by atoms with Crippen molar-refractivity contribution in [3.63, 3.8) is 0 Å². The van der Waals surface area contributed by atoms with Gasteiger partial charge in [-0.1, -0.05) is 24.3 Å². The largest absolute Gasteiger partial charge is 0.446 e. The minimum atomic E-state index is -0.761. The second-order valence-corrected chi connectivity index (χ2v) is 7.42. The molecule has 0 aliphatic rings. The van der Waals surface area contributed by atoms with E-state index in [-0.39, 0.29) is 12.3 Å². The number of rotatable bonds is 6. The van der Waals surface area contributed by atoms with Crippen LogP contribution in [0.25, 0.3) is 31.9 Å². The Labute approximate surface area is 179 Å². The topological polar surface area (TPSA) is 107 Å². The first-order valence-corrected chi connectivity index (χ1v) is 9.97. The Kier molecular flexibility index (Phi) is 5.80. The number of pyridine rings is 1. The number of nitro benzene ring substituents is 1. The molecule has 0 unspecified atom stereocenters. The van der Waals surface area contributed by atoms with E-state index in [9.17, 15) is 19.3 Å². The fourth-order valence-corrected chi connectivity index (χ4v) is 3.87. The number of non-ortho nitro benzene ring substituents is 1. The molecule has 0 radical (unpaired) electrons. The van der Waals surface area contributed by atoms with Crippen LogP contribution in [0.15, 0.2) is 60.8 Å². The number of benzene rings is 2. The molecule has 2 aromatic heterocycles. The number of nitrogens with one attached hydrogen (secondary N) is 1. The Morgan fingerprint density at radius 2 is 1.84 bits per heavy atom. The number of aromatic nitrogens is 2. The molecule has 4 rings (SSSR count). The van der Waals surface area contributed by atoms with Gasteiger partial charge >= 0.3 is 6.09 Å². The van der Waals surface area contributed by atoms with E-state index in [2.05, 4.69) is 20.0 Å². The van der Waals surface area contributed by atoms with Crippen LogP contribution in [-0.4, -0.2) is 34.3 Å². The zero-order valence-electron chi connectivity index (χ0n) is 15.9. The maximum absolute atomic E-state index is 12.0. The van der Waals surface area contributed by atoms with E-state index in [0.717, 1.165) is 26.4 Å². The third kappa shape index (κ3) is 4.64. The molecule has 0 aliphatic carbocycles. The monoisotopic (exact) mass is 438 g/mol. The summed E-state index contributed by atoms with van der Waals surface area (Å²) >= 11 is 1.39. The van der Waals surface area contributed by atoms with E-state index >= 15 is 0 Å². The van der Waals surface area contributed by atoms with Crippen molar-refractivity contribution in [1.29, 1.82) is 0 Å². The number of hydrogen-bond acceptors (Lipinski definition) is 7. The minimum absolute atomic E-state index is 0.0409. The smallest absolute Gasteiger partial charge is 0.412 e. The molecular weight excluding hydrogens is 423 g/mol. The normalized spacial score (nSPS) is 10.7. The zero-order valence-corrected chi connectivity index (χ0v) is 16.8. The summed E-state index contributed by atoms with van der Waals surface area (Å²) in [7, 11) is 0. The molecule has 0 aliphatic heterocycles. The molecule has 0 saturated heterocycles. The van der Waals surface area contributed by atoms with E-state index in [0.29, 0.717) is 11.3 Å². The summed E-state index contributed by atoms with van der Waals surface area (Å²) in [4.78, 5) is 30.7. The van der Waals surface area contributed by atoms with Crippen LogP contribution in [0, 0.1) is 10.1 Å². The summed E-state index contributed by atoms with van der Waals surface area (Å²) in [6.07, 6.45) is 0.847. The number of amides is 1. The quantitative estimate of drug-likeness (QED) is 0.317. The Morgan fingerprint density at radius 3 is 2.52 bits per heavy atom. The Morgan fingerprint density at radius 1 is 1.10 bits per heavy atom. The van der Waals surface area contributed by atoms with Crippen LogP contribution in [-0.2, 0) is 4.74 Å². The van der Waals surface area contributed by atoms with Gasteiger partial charge in [0.2, 0.25) is 0 Å². The van der Waals surface area contributed by atoms with Crippen molar-refractivity contribution in [2.45, 2.75) is 0 Å². The molecule has 10 heteroatoms. The van der Waals surface area contributed by atoms with Gasteiger partial charge in [0.15, 0.2) is 0 Å². The summed E-state index contributed by atoms with van der Waals surface area (Å²) in [5.74, 6) is 0.299. The molecule has 2 heterocycles. The summed E-state index contributed by atoms with van der Waals surface area (Å²) in [6.45, 7) is -1.05. The van der Waals surface area contributed by atoms with Crippen molar-refractivity contribution >= 4 is 39.2 Å². The van der Waals surface area contributed by atoms with Crippen LogP contribution < -0.4 is 5.32 Å². The van der Waals surface area contributed by atoms with Crippen molar-refractivity contribution in [1.82, 2.24) is 9.97 Å². The van der Waals surface area contributed by atoms with Gasteiger partial charge in [0, 0.05) is 29.5 Å². The number of carbonyl (C=O) groups is 1. The molecule has 0 atom stereocenters. The van der Waals surface area contributed by atoms with E-state index in [1.807, 2.05) is 24.3 Å². The van der Waals surface area contributed by atoms with Gasteiger partial charge in [0.1, 0.15) is 24.1 Å². The summed E-state index contributed by atoms with van der Waals surface area (Å²) in [5, 5.41) is 14.1. The van der Waals surface area contributed by atoms with Crippen LogP contribution in [0.5, 0.6) is 0 Å². The number of carbonyl (C=O) groups excluding carboxylic acids is 1. The second-order valence-electron chi connectivity index (χ2n) is 6.39. The van der Waals surface area contributed by atoms with Crippen molar-refractivity contribution in [3.05, 3.63) is 70.9 Å². The van der Waals surface area contributed by atoms with E-state index in [1.54, 1.807) is 24.4 Å². The lowest BCUT2D eigenvalue weighted by Crippen LogP contribution is -2.15. The molecule has 0 spiro atoms. The molecule has 0 saturated carbocycles. The maximum atomic E-state index is 12.0. The molecule has 1 amide bonds. The van der Waals surface area contributed by atoms with Gasteiger partial charge in [0.25, 0.3) is 5.69 Å². The van der Waals surface area contributed by atoms with Gasteiger partial charge in [0.05, 0.1) is 15.1 Å². The Bertz CT molecular complexity index is 1240. The summed E-state index contributed by atoms with van der Waals surface area (Å²) in [6, 6.07) is 15.7. The van der Waals surface area contributed by atoms with Gasteiger partial charge in [-0.25, -0.2) is 19.2 Å². The van der Waals surface area contributed by atoms with E-state index < -0.39 is 17.7 Å². The third-order valence-corrected chi connectivity index (χ3v) is 5.42. The highest BCUT2D eigenvalue weighted by molar-refractivity contribution is 7.21. The molecule has 1 N–H and O–H groups in total. The molecule has 2 aromatic carbocycles. The number of ether oxygens (including phenoxy) is 1. The zero-order chi connectivity index (χ0) is 21.8. The molecule has 0 bridgehead atoms. The molecule has 156 valence electrons. The van der Waals surface area contributed by atoms with E-state index in [4.69, 9.17) is 0 Å². The highest BCUT2D eigenvalue weighted by atomic mass is 32.1. The number of fused-ring (bicyclic) bond motifs is 1. The number of thiazole rings is 1. The molecule has 31 heavy (non-hydrogen) atoms. The Hall–Kier alpha value is -3.92. The van der Waals surface area contributed by atoms with Crippen molar-refractivity contribution in [2.75, 3.05) is 18.6 Å². The fraction of sp³-hybridized carbons (Fsp3) is 0.0952. The van der Waals surface area contributed by atoms with E-state index in [1.165, 1.54) is 23.5 Å².